The van der Waals surface area contributed by atoms with E-state index >= 15 is 0 Å². The Kier molecular flexibility index (Phi) is 5.39. The van der Waals surface area contributed by atoms with Crippen LogP contribution in [0.3, 0.4) is 0 Å². The number of rotatable bonds is 6. The average Bonchev–Trinajstić information content (AvgIpc) is 2.24. The van der Waals surface area contributed by atoms with E-state index in [0.29, 0.717) is 23.7 Å². The van der Waals surface area contributed by atoms with Gasteiger partial charge in [0.25, 0.3) is 0 Å². The highest BCUT2D eigenvalue weighted by Gasteiger charge is 2.15. The highest BCUT2D eigenvalue weighted by Crippen LogP contribution is 2.23. The first-order valence-electron chi connectivity index (χ1n) is 5.35. The molecule has 0 fully saturated rings. The van der Waals surface area contributed by atoms with Gasteiger partial charge in [-0.05, 0) is 31.6 Å². The van der Waals surface area contributed by atoms with Crippen LogP contribution in [-0.2, 0) is 16.4 Å². The van der Waals surface area contributed by atoms with Crippen LogP contribution in [0.25, 0.3) is 0 Å². The Labute approximate surface area is 107 Å². The fourth-order valence-corrected chi connectivity index (χ4v) is 2.75. The Bertz CT molecular complexity index is 474. The molecule has 0 saturated carbocycles. The lowest BCUT2D eigenvalue weighted by Gasteiger charge is -2.10. The van der Waals surface area contributed by atoms with E-state index in [1.54, 1.807) is 18.2 Å². The van der Waals surface area contributed by atoms with E-state index in [9.17, 15) is 8.42 Å². The number of nitrogens with one attached hydrogen (secondary N) is 1. The molecule has 0 amide bonds. The topological polar surface area (TPSA) is 72.2 Å². The van der Waals surface area contributed by atoms with Gasteiger partial charge in [0.15, 0.2) is 9.84 Å². The number of nitrogens with two attached hydrogens (primary N) is 1. The normalized spacial score (nSPS) is 11.7. The van der Waals surface area contributed by atoms with Gasteiger partial charge in [-0.25, -0.2) is 8.42 Å². The predicted molar refractivity (Wildman–Crippen MR) is 69.9 cm³/mol. The van der Waals surface area contributed by atoms with E-state index in [2.05, 4.69) is 5.32 Å². The van der Waals surface area contributed by atoms with Crippen molar-refractivity contribution in [2.75, 3.05) is 19.3 Å². The van der Waals surface area contributed by atoms with Crippen LogP contribution in [-0.4, -0.2) is 27.8 Å². The van der Waals surface area contributed by atoms with Gasteiger partial charge >= 0.3 is 0 Å². The summed E-state index contributed by atoms with van der Waals surface area (Å²) in [5.41, 5.74) is 5.99. The minimum Gasteiger partial charge on any atom is -0.330 e. The van der Waals surface area contributed by atoms with Gasteiger partial charge in [-0.3, -0.25) is 0 Å². The van der Waals surface area contributed by atoms with Crippen molar-refractivity contribution in [3.05, 3.63) is 28.8 Å². The molecule has 0 aliphatic heterocycles. The van der Waals surface area contributed by atoms with E-state index in [0.717, 1.165) is 13.0 Å². The molecule has 0 saturated heterocycles. The molecule has 1 aromatic carbocycles. The number of hydrogen-bond acceptors (Lipinski definition) is 4. The molecule has 1 aromatic rings. The zero-order valence-corrected chi connectivity index (χ0v) is 11.3. The molecule has 0 bridgehead atoms. The van der Waals surface area contributed by atoms with Gasteiger partial charge in [0, 0.05) is 23.4 Å². The second kappa shape index (κ2) is 6.35. The lowest BCUT2D eigenvalue weighted by Crippen LogP contribution is -2.19. The lowest BCUT2D eigenvalue weighted by atomic mass is 10.2. The Balaban J connectivity index is 2.89. The molecule has 4 nitrogen and oxygen atoms in total. The van der Waals surface area contributed by atoms with E-state index in [-0.39, 0.29) is 4.90 Å². The monoisotopic (exact) mass is 276 g/mol. The molecule has 0 atom stereocenters. The molecule has 0 heterocycles. The summed E-state index contributed by atoms with van der Waals surface area (Å²) in [4.78, 5) is 0.283. The van der Waals surface area contributed by atoms with Crippen molar-refractivity contribution < 1.29 is 8.42 Å². The van der Waals surface area contributed by atoms with Crippen LogP contribution in [0.4, 0.5) is 0 Å². The Morgan fingerprint density at radius 3 is 2.71 bits per heavy atom. The molecule has 96 valence electrons. The standard InChI is InChI=1S/C11H17ClN2O2S/c1-17(15,16)11-5-2-4-10(12)9(11)8-14-7-3-6-13/h2,4-5,14H,3,6-8,13H2,1H3. The smallest absolute Gasteiger partial charge is 0.175 e. The van der Waals surface area contributed by atoms with Gasteiger partial charge in [0.05, 0.1) is 4.90 Å². The van der Waals surface area contributed by atoms with Gasteiger partial charge in [-0.1, -0.05) is 17.7 Å². The molecule has 6 heteroatoms. The first-order chi connectivity index (χ1) is 7.96. The molecule has 0 unspecified atom stereocenters. The van der Waals surface area contributed by atoms with Gasteiger partial charge < -0.3 is 11.1 Å². The van der Waals surface area contributed by atoms with Crippen LogP contribution in [0.2, 0.25) is 5.02 Å². The summed E-state index contributed by atoms with van der Waals surface area (Å²) in [6, 6.07) is 4.90. The fourth-order valence-electron chi connectivity index (χ4n) is 1.50. The van der Waals surface area contributed by atoms with Crippen molar-refractivity contribution in [2.24, 2.45) is 5.73 Å². The minimum atomic E-state index is -3.25. The molecular formula is C11H17ClN2O2S. The Morgan fingerprint density at radius 2 is 2.12 bits per heavy atom. The summed E-state index contributed by atoms with van der Waals surface area (Å²) >= 11 is 6.02. The molecule has 0 aromatic heterocycles. The summed E-state index contributed by atoms with van der Waals surface area (Å²) in [7, 11) is -3.25. The number of benzene rings is 1. The van der Waals surface area contributed by atoms with Gasteiger partial charge in [-0.2, -0.15) is 0 Å². The van der Waals surface area contributed by atoms with Crippen LogP contribution in [0.5, 0.6) is 0 Å². The van der Waals surface area contributed by atoms with E-state index in [1.807, 2.05) is 0 Å². The van der Waals surface area contributed by atoms with Crippen molar-refractivity contribution >= 4 is 21.4 Å². The predicted octanol–water partition coefficient (Wildman–Crippen LogP) is 1.18. The van der Waals surface area contributed by atoms with E-state index in [1.165, 1.54) is 6.26 Å². The molecule has 0 radical (unpaired) electrons. The number of sulfone groups is 1. The zero-order valence-electron chi connectivity index (χ0n) is 9.74. The molecule has 0 aliphatic rings. The summed E-state index contributed by atoms with van der Waals surface area (Å²) in [6.07, 6.45) is 2.03. The van der Waals surface area contributed by atoms with Crippen LogP contribution >= 0.6 is 11.6 Å². The van der Waals surface area contributed by atoms with Crippen LogP contribution in [0.1, 0.15) is 12.0 Å². The van der Waals surface area contributed by atoms with E-state index in [4.69, 9.17) is 17.3 Å². The SMILES string of the molecule is CS(=O)(=O)c1cccc(Cl)c1CNCCCN. The number of halogens is 1. The maximum absolute atomic E-state index is 11.6. The van der Waals surface area contributed by atoms with Gasteiger partial charge in [-0.15, -0.1) is 0 Å². The van der Waals surface area contributed by atoms with Gasteiger partial charge in [0.2, 0.25) is 0 Å². The third kappa shape index (κ3) is 4.27. The van der Waals surface area contributed by atoms with Crippen molar-refractivity contribution in [3.63, 3.8) is 0 Å². The third-order valence-corrected chi connectivity index (χ3v) is 3.87. The van der Waals surface area contributed by atoms with Crippen molar-refractivity contribution in [3.8, 4) is 0 Å². The molecule has 1 rings (SSSR count). The molecule has 3 N–H and O–H groups in total. The quantitative estimate of drug-likeness (QED) is 0.766. The summed E-state index contributed by atoms with van der Waals surface area (Å²) < 4.78 is 23.2. The van der Waals surface area contributed by atoms with Gasteiger partial charge in [0.1, 0.15) is 0 Å². The van der Waals surface area contributed by atoms with Crippen LogP contribution in [0, 0.1) is 0 Å². The minimum absolute atomic E-state index is 0.283. The van der Waals surface area contributed by atoms with E-state index < -0.39 is 9.84 Å². The fraction of sp³-hybridized carbons (Fsp3) is 0.455. The summed E-state index contributed by atoms with van der Waals surface area (Å²) in [5.74, 6) is 0. The average molecular weight is 277 g/mol. The maximum Gasteiger partial charge on any atom is 0.175 e. The first-order valence-corrected chi connectivity index (χ1v) is 7.62. The molecule has 0 aliphatic carbocycles. The third-order valence-electron chi connectivity index (χ3n) is 2.33. The lowest BCUT2D eigenvalue weighted by molar-refractivity contribution is 0.597. The van der Waals surface area contributed by atoms with Crippen LogP contribution in [0.15, 0.2) is 23.1 Å². The molecule has 0 spiro atoms. The van der Waals surface area contributed by atoms with Crippen molar-refractivity contribution in [1.82, 2.24) is 5.32 Å². The maximum atomic E-state index is 11.6. The highest BCUT2D eigenvalue weighted by molar-refractivity contribution is 7.90. The molecule has 17 heavy (non-hydrogen) atoms. The number of hydrogen-bond donors (Lipinski definition) is 2. The Morgan fingerprint density at radius 1 is 1.41 bits per heavy atom. The first kappa shape index (κ1) is 14.4. The largest absolute Gasteiger partial charge is 0.330 e. The second-order valence-electron chi connectivity index (χ2n) is 3.81. The summed E-state index contributed by atoms with van der Waals surface area (Å²) in [6.45, 7) is 1.78. The molecular weight excluding hydrogens is 260 g/mol. The Hall–Kier alpha value is -0.620. The second-order valence-corrected chi connectivity index (χ2v) is 6.20. The zero-order chi connectivity index (χ0) is 12.9. The highest BCUT2D eigenvalue weighted by atomic mass is 35.5. The van der Waals surface area contributed by atoms with Crippen molar-refractivity contribution in [2.45, 2.75) is 17.9 Å². The summed E-state index contributed by atoms with van der Waals surface area (Å²) in [5, 5.41) is 3.59. The van der Waals surface area contributed by atoms with Crippen LogP contribution < -0.4 is 11.1 Å². The van der Waals surface area contributed by atoms with Crippen molar-refractivity contribution in [1.29, 1.82) is 0 Å².